The molecule has 2 aromatic carbocycles. The minimum atomic E-state index is 0.0148. The quantitative estimate of drug-likeness (QED) is 0.517. The van der Waals surface area contributed by atoms with Gasteiger partial charge < -0.3 is 10.0 Å². The van der Waals surface area contributed by atoms with Gasteiger partial charge in [0.1, 0.15) is 5.75 Å². The maximum Gasteiger partial charge on any atom is 0.253 e. The summed E-state index contributed by atoms with van der Waals surface area (Å²) in [6.07, 6.45) is 2.78. The molecule has 2 aromatic rings. The number of rotatable bonds is 7. The predicted octanol–water partition coefficient (Wildman–Crippen LogP) is 7.36. The molecule has 0 aliphatic rings. The molecular weight excluding hydrogens is 370 g/mol. The number of nitrogens with zero attached hydrogens (tertiary/aromatic N) is 1. The van der Waals surface area contributed by atoms with E-state index in [2.05, 4.69) is 38.6 Å². The van der Waals surface area contributed by atoms with Gasteiger partial charge in [-0.05, 0) is 73.6 Å². The number of phenolic OH excluding ortho intramolecular Hbond substituents is 1. The van der Waals surface area contributed by atoms with Crippen molar-refractivity contribution in [2.45, 2.75) is 67.7 Å². The van der Waals surface area contributed by atoms with Gasteiger partial charge in [0.05, 0.1) is 0 Å². The number of hydrogen-bond donors (Lipinski definition) is 1. The zero-order chi connectivity index (χ0) is 23.3. The molecule has 3 heteroatoms. The third-order valence-corrected chi connectivity index (χ3v) is 5.03. The Labute approximate surface area is 184 Å². The van der Waals surface area contributed by atoms with Gasteiger partial charge in [-0.1, -0.05) is 65.5 Å². The molecule has 1 N–H and O–H groups in total. The van der Waals surface area contributed by atoms with Crippen LogP contribution in [0.25, 0.3) is 6.08 Å². The lowest BCUT2D eigenvalue weighted by Crippen LogP contribution is -2.32. The summed E-state index contributed by atoms with van der Waals surface area (Å²) in [5, 5.41) is 9.65. The molecule has 0 saturated carbocycles. The number of hydrogen-bond acceptors (Lipinski definition) is 2. The first-order chi connectivity index (χ1) is 14.4. The van der Waals surface area contributed by atoms with E-state index in [1.807, 2.05) is 45.6 Å². The van der Waals surface area contributed by atoms with E-state index in [4.69, 9.17) is 0 Å². The van der Waals surface area contributed by atoms with Gasteiger partial charge in [0, 0.05) is 18.7 Å². The highest BCUT2D eigenvalue weighted by molar-refractivity contribution is 5.94. The van der Waals surface area contributed by atoms with Crippen LogP contribution in [-0.4, -0.2) is 29.0 Å². The van der Waals surface area contributed by atoms with E-state index in [-0.39, 0.29) is 11.7 Å². The molecule has 2 rings (SSSR count). The molecule has 1 amide bonds. The van der Waals surface area contributed by atoms with Crippen molar-refractivity contribution in [1.82, 2.24) is 4.90 Å². The summed E-state index contributed by atoms with van der Waals surface area (Å²) >= 11 is 0. The molecule has 0 aliphatic heterocycles. The molecule has 0 fully saturated rings. The normalized spacial score (nSPS) is 10.7. The fourth-order valence-corrected chi connectivity index (χ4v) is 3.12. The summed E-state index contributed by atoms with van der Waals surface area (Å²) in [7, 11) is 0. The lowest BCUT2D eigenvalue weighted by molar-refractivity contribution is 0.0760. The Morgan fingerprint density at radius 1 is 1.07 bits per heavy atom. The van der Waals surface area contributed by atoms with E-state index in [9.17, 15) is 9.90 Å². The van der Waals surface area contributed by atoms with Gasteiger partial charge in [0.25, 0.3) is 5.91 Å². The van der Waals surface area contributed by atoms with E-state index < -0.39 is 0 Å². The second-order valence-corrected chi connectivity index (χ2v) is 6.90. The van der Waals surface area contributed by atoms with Crippen molar-refractivity contribution >= 4 is 12.0 Å². The van der Waals surface area contributed by atoms with Gasteiger partial charge in [-0.15, -0.1) is 0 Å². The van der Waals surface area contributed by atoms with Crippen LogP contribution in [0.3, 0.4) is 0 Å². The summed E-state index contributed by atoms with van der Waals surface area (Å²) in [6, 6.07) is 11.5. The van der Waals surface area contributed by atoms with E-state index in [0.717, 1.165) is 17.5 Å². The lowest BCUT2D eigenvalue weighted by Gasteiger charge is -2.23. The van der Waals surface area contributed by atoms with E-state index >= 15 is 0 Å². The second-order valence-electron chi connectivity index (χ2n) is 6.90. The third-order valence-electron chi connectivity index (χ3n) is 5.03. The molecule has 0 heterocycles. The Kier molecular flexibility index (Phi) is 13.2. The van der Waals surface area contributed by atoms with Crippen LogP contribution in [0.5, 0.6) is 5.75 Å². The van der Waals surface area contributed by atoms with Gasteiger partial charge in [-0.25, -0.2) is 0 Å². The molecule has 1 unspecified atom stereocenters. The average Bonchev–Trinajstić information content (AvgIpc) is 2.78. The van der Waals surface area contributed by atoms with Gasteiger partial charge in [-0.2, -0.15) is 0 Å². The largest absolute Gasteiger partial charge is 0.508 e. The predicted molar refractivity (Wildman–Crippen MR) is 131 cm³/mol. The van der Waals surface area contributed by atoms with Crippen molar-refractivity contribution in [3.63, 3.8) is 0 Å². The Bertz CT molecular complexity index is 795. The summed E-state index contributed by atoms with van der Waals surface area (Å²) < 4.78 is 0. The number of carbonyl (C=O) groups is 1. The maximum absolute atomic E-state index is 12.8. The minimum absolute atomic E-state index is 0.0148. The molecule has 0 aromatic heterocycles. The van der Waals surface area contributed by atoms with E-state index in [0.29, 0.717) is 24.6 Å². The first-order valence-corrected chi connectivity index (χ1v) is 11.2. The van der Waals surface area contributed by atoms with Gasteiger partial charge in [-0.3, -0.25) is 4.79 Å². The topological polar surface area (TPSA) is 40.5 Å². The molecule has 30 heavy (non-hydrogen) atoms. The van der Waals surface area contributed by atoms with Crippen LogP contribution in [0.2, 0.25) is 0 Å². The van der Waals surface area contributed by atoms with Crippen LogP contribution in [0.4, 0.5) is 0 Å². The average molecular weight is 412 g/mol. The number of amides is 1. The summed E-state index contributed by atoms with van der Waals surface area (Å²) in [4.78, 5) is 14.6. The fraction of sp³-hybridized carbons (Fsp3) is 0.444. The molecule has 0 spiro atoms. The van der Waals surface area contributed by atoms with E-state index in [1.165, 1.54) is 11.1 Å². The highest BCUT2D eigenvalue weighted by Gasteiger charge is 2.16. The van der Waals surface area contributed by atoms with Crippen LogP contribution in [0.1, 0.15) is 86.5 Å². The molecule has 0 saturated heterocycles. The molecule has 3 nitrogen and oxygen atoms in total. The second kappa shape index (κ2) is 14.4. The molecule has 1 atom stereocenters. The molecule has 166 valence electrons. The molecular formula is C27H41NO2. The van der Waals surface area contributed by atoms with Crippen molar-refractivity contribution in [2.24, 2.45) is 0 Å². The zero-order valence-corrected chi connectivity index (χ0v) is 20.2. The lowest BCUT2D eigenvalue weighted by atomic mass is 9.94. The van der Waals surface area contributed by atoms with Crippen molar-refractivity contribution in [2.75, 3.05) is 13.1 Å². The van der Waals surface area contributed by atoms with Crippen LogP contribution in [0.15, 0.2) is 43.0 Å². The Balaban J connectivity index is 0.00000198. The van der Waals surface area contributed by atoms with Gasteiger partial charge in [0.2, 0.25) is 0 Å². The SMILES string of the molecule is C=Cc1ccc(C(C)CCN(CC)C(=O)c2ccc(O)c(C)c2)cc1C.CC.CC. The first kappa shape index (κ1) is 27.5. The van der Waals surface area contributed by atoms with Crippen molar-refractivity contribution in [3.8, 4) is 5.75 Å². The zero-order valence-electron chi connectivity index (χ0n) is 20.2. The summed E-state index contributed by atoms with van der Waals surface area (Å²) in [5.41, 5.74) is 5.03. The van der Waals surface area contributed by atoms with E-state index in [1.54, 1.807) is 25.1 Å². The fourth-order valence-electron chi connectivity index (χ4n) is 3.12. The number of aryl methyl sites for hydroxylation is 2. The monoisotopic (exact) mass is 411 g/mol. The molecule has 0 aliphatic carbocycles. The molecule has 0 bridgehead atoms. The van der Waals surface area contributed by atoms with Gasteiger partial charge in [0.15, 0.2) is 0 Å². The number of carbonyl (C=O) groups excluding carboxylic acids is 1. The van der Waals surface area contributed by atoms with Crippen molar-refractivity contribution in [1.29, 1.82) is 0 Å². The number of aromatic hydroxyl groups is 1. The van der Waals surface area contributed by atoms with Crippen molar-refractivity contribution in [3.05, 3.63) is 70.8 Å². The van der Waals surface area contributed by atoms with Gasteiger partial charge >= 0.3 is 0 Å². The maximum atomic E-state index is 12.8. The minimum Gasteiger partial charge on any atom is -0.508 e. The van der Waals surface area contributed by atoms with Crippen molar-refractivity contribution < 1.29 is 9.90 Å². The summed E-state index contributed by atoms with van der Waals surface area (Å²) in [5.74, 6) is 0.605. The van der Waals surface area contributed by atoms with Crippen LogP contribution < -0.4 is 0 Å². The summed E-state index contributed by atoms with van der Waals surface area (Å²) in [6.45, 7) is 21.3. The number of phenols is 1. The Hall–Kier alpha value is -2.55. The smallest absolute Gasteiger partial charge is 0.253 e. The third kappa shape index (κ3) is 7.70. The number of benzene rings is 2. The first-order valence-electron chi connectivity index (χ1n) is 11.2. The van der Waals surface area contributed by atoms with Crippen LogP contribution in [0, 0.1) is 13.8 Å². The Morgan fingerprint density at radius 3 is 2.20 bits per heavy atom. The van der Waals surface area contributed by atoms with Crippen LogP contribution in [-0.2, 0) is 0 Å². The van der Waals surface area contributed by atoms with Crippen LogP contribution >= 0.6 is 0 Å². The molecule has 0 radical (unpaired) electrons. The highest BCUT2D eigenvalue weighted by atomic mass is 16.3. The Morgan fingerprint density at radius 2 is 1.70 bits per heavy atom. The standard InChI is InChI=1S/C23H29NO2.2C2H6/c1-6-19-8-9-20(14-17(19)4)16(3)12-13-24(7-2)23(26)21-10-11-22(25)18(5)15-21;2*1-2/h6,8-11,14-16,25H,1,7,12-13H2,2-5H3;2*1-2H3. The highest BCUT2D eigenvalue weighted by Crippen LogP contribution is 2.23.